The average Bonchev–Trinajstić information content (AvgIpc) is 3.04. The number of anilines is 1. The number of fused-ring (bicyclic) bond motifs is 1. The fourth-order valence-corrected chi connectivity index (χ4v) is 3.21. The molecule has 1 N–H and O–H groups in total. The molecule has 0 spiro atoms. The molecule has 2 atom stereocenters. The Morgan fingerprint density at radius 2 is 1.82 bits per heavy atom. The Labute approximate surface area is 132 Å². The van der Waals surface area contributed by atoms with Crippen LogP contribution in [0.2, 0.25) is 5.02 Å². The molecule has 2 heterocycles. The molecule has 0 amide bonds. The van der Waals surface area contributed by atoms with Crippen molar-refractivity contribution in [2.24, 2.45) is 0 Å². The van der Waals surface area contributed by atoms with E-state index in [4.69, 9.17) is 11.6 Å². The van der Waals surface area contributed by atoms with Gasteiger partial charge < -0.3 is 5.32 Å². The van der Waals surface area contributed by atoms with E-state index in [1.54, 1.807) is 4.68 Å². The second kappa shape index (κ2) is 5.42. The van der Waals surface area contributed by atoms with Crippen molar-refractivity contribution in [3.8, 4) is 0 Å². The van der Waals surface area contributed by atoms with Gasteiger partial charge in [0.25, 0.3) is 0 Å². The topological polar surface area (TPSA) is 55.6 Å². The Morgan fingerprint density at radius 1 is 1.05 bits per heavy atom. The van der Waals surface area contributed by atoms with Crippen LogP contribution in [0.4, 0.5) is 5.95 Å². The fourth-order valence-electron chi connectivity index (χ4n) is 2.95. The lowest BCUT2D eigenvalue weighted by Crippen LogP contribution is -2.28. The third kappa shape index (κ3) is 2.23. The highest BCUT2D eigenvalue weighted by molar-refractivity contribution is 6.31. The molecule has 1 aliphatic heterocycles. The van der Waals surface area contributed by atoms with E-state index in [0.717, 1.165) is 17.0 Å². The summed E-state index contributed by atoms with van der Waals surface area (Å²) in [4.78, 5) is 0. The summed E-state index contributed by atoms with van der Waals surface area (Å²) in [6, 6.07) is 18.4. The predicted molar refractivity (Wildman–Crippen MR) is 84.8 cm³/mol. The lowest BCUT2D eigenvalue weighted by molar-refractivity contribution is 0.424. The van der Waals surface area contributed by atoms with E-state index in [1.807, 2.05) is 42.5 Å². The number of hydrogen-bond acceptors (Lipinski definition) is 4. The molecule has 1 aliphatic rings. The van der Waals surface area contributed by atoms with E-state index in [2.05, 4.69) is 33.0 Å². The van der Waals surface area contributed by atoms with E-state index in [1.165, 1.54) is 5.56 Å². The Kier molecular flexibility index (Phi) is 3.27. The standard InChI is InChI=1S/C16H14ClN5/c17-13-9-5-4-8-12(13)15-10-14(11-6-2-1-3-7-11)18-16-19-20-21-22(15)16/h1-9,14-15H,10H2,(H,18,19,21)/t14-,15+/m0/s1. The average molecular weight is 312 g/mol. The molecule has 110 valence electrons. The van der Waals surface area contributed by atoms with E-state index in [0.29, 0.717) is 5.95 Å². The third-order valence-electron chi connectivity index (χ3n) is 4.02. The van der Waals surface area contributed by atoms with Crippen LogP contribution in [-0.4, -0.2) is 20.2 Å². The van der Waals surface area contributed by atoms with Gasteiger partial charge in [-0.2, -0.15) is 0 Å². The normalized spacial score (nSPS) is 20.2. The summed E-state index contributed by atoms with van der Waals surface area (Å²) >= 11 is 6.38. The molecule has 0 unspecified atom stereocenters. The monoisotopic (exact) mass is 311 g/mol. The second-order valence-electron chi connectivity index (χ2n) is 5.33. The summed E-state index contributed by atoms with van der Waals surface area (Å²) in [6.07, 6.45) is 0.839. The van der Waals surface area contributed by atoms with Gasteiger partial charge >= 0.3 is 0 Å². The largest absolute Gasteiger partial charge is 0.346 e. The van der Waals surface area contributed by atoms with Gasteiger partial charge in [0.15, 0.2) is 0 Å². The minimum atomic E-state index is 0.0187. The number of benzene rings is 2. The van der Waals surface area contributed by atoms with Crippen molar-refractivity contribution >= 4 is 17.5 Å². The van der Waals surface area contributed by atoms with Gasteiger partial charge in [0, 0.05) is 5.02 Å². The number of nitrogens with one attached hydrogen (secondary N) is 1. The minimum Gasteiger partial charge on any atom is -0.346 e. The van der Waals surface area contributed by atoms with Gasteiger partial charge in [-0.3, -0.25) is 0 Å². The summed E-state index contributed by atoms with van der Waals surface area (Å²) in [5, 5.41) is 16.1. The molecule has 1 aromatic heterocycles. The van der Waals surface area contributed by atoms with Crippen molar-refractivity contribution in [2.75, 3.05) is 5.32 Å². The third-order valence-corrected chi connectivity index (χ3v) is 4.36. The second-order valence-corrected chi connectivity index (χ2v) is 5.73. The molecular weight excluding hydrogens is 298 g/mol. The summed E-state index contributed by atoms with van der Waals surface area (Å²) in [7, 11) is 0. The molecule has 6 heteroatoms. The van der Waals surface area contributed by atoms with E-state index in [-0.39, 0.29) is 12.1 Å². The van der Waals surface area contributed by atoms with Crippen LogP contribution in [0.3, 0.4) is 0 Å². The molecule has 3 aromatic rings. The molecular formula is C16H14ClN5. The van der Waals surface area contributed by atoms with Crippen LogP contribution < -0.4 is 5.32 Å². The minimum absolute atomic E-state index is 0.0187. The lowest BCUT2D eigenvalue weighted by Gasteiger charge is -2.31. The predicted octanol–water partition coefficient (Wildman–Crippen LogP) is 3.47. The maximum atomic E-state index is 6.38. The number of tetrazole rings is 1. The first kappa shape index (κ1) is 13.3. The van der Waals surface area contributed by atoms with E-state index >= 15 is 0 Å². The van der Waals surface area contributed by atoms with Crippen LogP contribution in [0, 0.1) is 0 Å². The van der Waals surface area contributed by atoms with E-state index < -0.39 is 0 Å². The Balaban J connectivity index is 1.77. The fraction of sp³-hybridized carbons (Fsp3) is 0.188. The first-order chi connectivity index (χ1) is 10.8. The number of nitrogens with zero attached hydrogens (tertiary/aromatic N) is 4. The Morgan fingerprint density at radius 3 is 2.64 bits per heavy atom. The van der Waals surface area contributed by atoms with Crippen LogP contribution in [0.5, 0.6) is 0 Å². The van der Waals surface area contributed by atoms with Crippen molar-refractivity contribution < 1.29 is 0 Å². The SMILES string of the molecule is Clc1ccccc1[C@H]1C[C@@H](c2ccccc2)Nc2nnnn21. The molecule has 0 bridgehead atoms. The number of hydrogen-bond donors (Lipinski definition) is 1. The quantitative estimate of drug-likeness (QED) is 0.787. The summed E-state index contributed by atoms with van der Waals surface area (Å²) in [5.41, 5.74) is 2.26. The molecule has 2 aromatic carbocycles. The zero-order valence-electron chi connectivity index (χ0n) is 11.7. The van der Waals surface area contributed by atoms with Crippen molar-refractivity contribution in [1.82, 2.24) is 20.2 Å². The van der Waals surface area contributed by atoms with Crippen molar-refractivity contribution in [3.05, 3.63) is 70.7 Å². The van der Waals surface area contributed by atoms with Gasteiger partial charge in [-0.1, -0.05) is 65.2 Å². The van der Waals surface area contributed by atoms with Gasteiger partial charge in [-0.15, -0.1) is 0 Å². The van der Waals surface area contributed by atoms with Gasteiger partial charge in [0.1, 0.15) is 0 Å². The highest BCUT2D eigenvalue weighted by Crippen LogP contribution is 2.38. The number of rotatable bonds is 2. The molecule has 22 heavy (non-hydrogen) atoms. The van der Waals surface area contributed by atoms with Gasteiger partial charge in [0.2, 0.25) is 5.95 Å². The first-order valence-corrected chi connectivity index (χ1v) is 7.54. The van der Waals surface area contributed by atoms with Crippen molar-refractivity contribution in [2.45, 2.75) is 18.5 Å². The number of halogens is 1. The molecule has 4 rings (SSSR count). The van der Waals surface area contributed by atoms with Crippen molar-refractivity contribution in [1.29, 1.82) is 0 Å². The van der Waals surface area contributed by atoms with Crippen LogP contribution in [0.25, 0.3) is 0 Å². The highest BCUT2D eigenvalue weighted by atomic mass is 35.5. The van der Waals surface area contributed by atoms with Gasteiger partial charge in [-0.05, 0) is 34.0 Å². The zero-order chi connectivity index (χ0) is 14.9. The van der Waals surface area contributed by atoms with Gasteiger partial charge in [0.05, 0.1) is 12.1 Å². The van der Waals surface area contributed by atoms with Crippen LogP contribution >= 0.6 is 11.6 Å². The summed E-state index contributed by atoms with van der Waals surface area (Å²) in [5.74, 6) is 0.671. The molecule has 0 fully saturated rings. The summed E-state index contributed by atoms with van der Waals surface area (Å²) < 4.78 is 1.81. The van der Waals surface area contributed by atoms with Crippen molar-refractivity contribution in [3.63, 3.8) is 0 Å². The molecule has 0 saturated carbocycles. The van der Waals surface area contributed by atoms with Gasteiger partial charge in [-0.25, -0.2) is 4.68 Å². The highest BCUT2D eigenvalue weighted by Gasteiger charge is 2.31. The lowest BCUT2D eigenvalue weighted by atomic mass is 9.93. The first-order valence-electron chi connectivity index (χ1n) is 7.16. The Hall–Kier alpha value is -2.40. The van der Waals surface area contributed by atoms with Crippen LogP contribution in [-0.2, 0) is 0 Å². The molecule has 0 radical (unpaired) electrons. The maximum absolute atomic E-state index is 6.38. The zero-order valence-corrected chi connectivity index (χ0v) is 12.5. The summed E-state index contributed by atoms with van der Waals surface area (Å²) in [6.45, 7) is 0. The van der Waals surface area contributed by atoms with Crippen LogP contribution in [0.15, 0.2) is 54.6 Å². The van der Waals surface area contributed by atoms with E-state index in [9.17, 15) is 0 Å². The molecule has 5 nitrogen and oxygen atoms in total. The van der Waals surface area contributed by atoms with Crippen LogP contribution in [0.1, 0.15) is 29.6 Å². The smallest absolute Gasteiger partial charge is 0.243 e. The maximum Gasteiger partial charge on any atom is 0.243 e. The molecule has 0 aliphatic carbocycles. The number of aromatic nitrogens is 4. The Bertz CT molecular complexity index is 786. The molecule has 0 saturated heterocycles.